The molecule has 0 heterocycles. The van der Waals surface area contributed by atoms with E-state index in [9.17, 15) is 0 Å². The van der Waals surface area contributed by atoms with Gasteiger partial charge in [-0.3, -0.25) is 0 Å². The summed E-state index contributed by atoms with van der Waals surface area (Å²) in [6.07, 6.45) is 6.90. The summed E-state index contributed by atoms with van der Waals surface area (Å²) in [4.78, 5) is 2.45. The maximum atomic E-state index is 3.65. The molecule has 0 aliphatic heterocycles. The van der Waals surface area contributed by atoms with E-state index in [1.807, 2.05) is 0 Å². The smallest absolute Gasteiger partial charge is 0.0107 e. The second-order valence-electron chi connectivity index (χ2n) is 4.67. The molecule has 1 aliphatic rings. The number of hydrogen-bond donors (Lipinski definition) is 1. The largest absolute Gasteiger partial charge is 0.313 e. The van der Waals surface area contributed by atoms with Gasteiger partial charge in [0.05, 0.1) is 0 Å². The highest BCUT2D eigenvalue weighted by molar-refractivity contribution is 4.74. The second kappa shape index (κ2) is 6.41. The Bertz CT molecular complexity index is 141. The van der Waals surface area contributed by atoms with Crippen LogP contribution in [0.5, 0.6) is 0 Å². The maximum absolute atomic E-state index is 3.65. The van der Waals surface area contributed by atoms with Crippen molar-refractivity contribution in [1.29, 1.82) is 0 Å². The van der Waals surface area contributed by atoms with Gasteiger partial charge in [-0.25, -0.2) is 0 Å². The first-order chi connectivity index (χ1) is 6.74. The summed E-state index contributed by atoms with van der Waals surface area (Å²) in [6, 6.07) is 1.54. The molecular formula is C12H26N2. The molecule has 2 heteroatoms. The summed E-state index contributed by atoms with van der Waals surface area (Å²) in [5, 5.41) is 3.65. The Kier molecular flexibility index (Phi) is 5.49. The summed E-state index contributed by atoms with van der Waals surface area (Å²) >= 11 is 0. The highest BCUT2D eigenvalue weighted by atomic mass is 15.1. The Morgan fingerprint density at radius 2 is 2.00 bits per heavy atom. The molecule has 1 atom stereocenters. The molecule has 1 N–H and O–H groups in total. The first-order valence-electron chi connectivity index (χ1n) is 6.17. The quantitative estimate of drug-likeness (QED) is 0.704. The number of likely N-dealkylation sites (N-methyl/N-ethyl adjacent to an activating group) is 1. The zero-order valence-electron chi connectivity index (χ0n) is 10.1. The summed E-state index contributed by atoms with van der Waals surface area (Å²) in [7, 11) is 2.23. The van der Waals surface area contributed by atoms with Crippen LogP contribution in [-0.4, -0.2) is 37.1 Å². The van der Waals surface area contributed by atoms with Crippen molar-refractivity contribution >= 4 is 0 Å². The van der Waals surface area contributed by atoms with Crippen LogP contribution in [0, 0.1) is 0 Å². The van der Waals surface area contributed by atoms with Crippen molar-refractivity contribution in [3.63, 3.8) is 0 Å². The lowest BCUT2D eigenvalue weighted by Gasteiger charge is -2.24. The van der Waals surface area contributed by atoms with E-state index in [-0.39, 0.29) is 0 Å². The van der Waals surface area contributed by atoms with Crippen LogP contribution in [0.15, 0.2) is 0 Å². The third kappa shape index (κ3) is 3.97. The van der Waals surface area contributed by atoms with E-state index in [1.165, 1.54) is 38.6 Å². The van der Waals surface area contributed by atoms with Crippen molar-refractivity contribution < 1.29 is 0 Å². The van der Waals surface area contributed by atoms with E-state index in [2.05, 4.69) is 31.1 Å². The molecule has 0 saturated heterocycles. The van der Waals surface area contributed by atoms with Gasteiger partial charge in [-0.2, -0.15) is 0 Å². The molecule has 0 amide bonds. The van der Waals surface area contributed by atoms with Crippen LogP contribution in [0.3, 0.4) is 0 Å². The molecule has 1 fully saturated rings. The zero-order valence-corrected chi connectivity index (χ0v) is 10.1. The molecule has 1 unspecified atom stereocenters. The van der Waals surface area contributed by atoms with Crippen LogP contribution in [-0.2, 0) is 0 Å². The van der Waals surface area contributed by atoms with Crippen molar-refractivity contribution in [2.75, 3.05) is 20.1 Å². The van der Waals surface area contributed by atoms with Crippen LogP contribution in [0.4, 0.5) is 0 Å². The van der Waals surface area contributed by atoms with Gasteiger partial charge in [0.1, 0.15) is 0 Å². The summed E-state index contributed by atoms with van der Waals surface area (Å²) in [6.45, 7) is 6.90. The lowest BCUT2D eigenvalue weighted by molar-refractivity contribution is 0.248. The molecule has 0 aromatic rings. The average molecular weight is 198 g/mol. The highest BCUT2D eigenvalue weighted by Crippen LogP contribution is 2.17. The van der Waals surface area contributed by atoms with Crippen molar-refractivity contribution in [2.45, 2.75) is 58.0 Å². The summed E-state index contributed by atoms with van der Waals surface area (Å²) in [5.41, 5.74) is 0. The van der Waals surface area contributed by atoms with Gasteiger partial charge in [-0.1, -0.05) is 19.8 Å². The Morgan fingerprint density at radius 1 is 1.36 bits per heavy atom. The minimum Gasteiger partial charge on any atom is -0.313 e. The van der Waals surface area contributed by atoms with Gasteiger partial charge < -0.3 is 10.2 Å². The fraction of sp³-hybridized carbons (Fsp3) is 1.00. The monoisotopic (exact) mass is 198 g/mol. The van der Waals surface area contributed by atoms with Crippen molar-refractivity contribution in [2.24, 2.45) is 0 Å². The molecule has 0 radical (unpaired) electrons. The van der Waals surface area contributed by atoms with Gasteiger partial charge in [-0.15, -0.1) is 0 Å². The number of nitrogens with one attached hydrogen (secondary N) is 1. The topological polar surface area (TPSA) is 15.3 Å². The molecule has 0 aromatic heterocycles. The van der Waals surface area contributed by atoms with Crippen LogP contribution in [0.1, 0.15) is 46.0 Å². The molecule has 0 aromatic carbocycles. The van der Waals surface area contributed by atoms with Crippen molar-refractivity contribution in [1.82, 2.24) is 10.2 Å². The van der Waals surface area contributed by atoms with E-state index in [0.29, 0.717) is 0 Å². The SMILES string of the molecule is CCC(C)N(C)CCNC1CCCC1. The van der Waals surface area contributed by atoms with Gasteiger partial charge >= 0.3 is 0 Å². The minimum atomic E-state index is 0.723. The van der Waals surface area contributed by atoms with E-state index < -0.39 is 0 Å². The Morgan fingerprint density at radius 3 is 2.57 bits per heavy atom. The molecule has 2 nitrogen and oxygen atoms in total. The first kappa shape index (κ1) is 12.0. The predicted octanol–water partition coefficient (Wildman–Crippen LogP) is 2.25. The summed E-state index contributed by atoms with van der Waals surface area (Å²) < 4.78 is 0. The summed E-state index contributed by atoms with van der Waals surface area (Å²) in [5.74, 6) is 0. The number of rotatable bonds is 6. The zero-order chi connectivity index (χ0) is 10.4. The van der Waals surface area contributed by atoms with Crippen molar-refractivity contribution in [3.8, 4) is 0 Å². The first-order valence-corrected chi connectivity index (χ1v) is 6.17. The fourth-order valence-corrected chi connectivity index (χ4v) is 2.11. The normalized spacial score (nSPS) is 20.6. The van der Waals surface area contributed by atoms with Crippen LogP contribution in [0.2, 0.25) is 0 Å². The molecule has 84 valence electrons. The third-order valence-corrected chi connectivity index (χ3v) is 3.60. The molecule has 1 saturated carbocycles. The van der Waals surface area contributed by atoms with Gasteiger partial charge in [0.15, 0.2) is 0 Å². The maximum Gasteiger partial charge on any atom is 0.0107 e. The van der Waals surface area contributed by atoms with Crippen LogP contribution < -0.4 is 5.32 Å². The van der Waals surface area contributed by atoms with Gasteiger partial charge in [-0.05, 0) is 33.2 Å². The molecule has 0 spiro atoms. The van der Waals surface area contributed by atoms with Gasteiger partial charge in [0.2, 0.25) is 0 Å². The minimum absolute atomic E-state index is 0.723. The number of hydrogen-bond acceptors (Lipinski definition) is 2. The fourth-order valence-electron chi connectivity index (χ4n) is 2.11. The lowest BCUT2D eigenvalue weighted by Crippen LogP contribution is -2.37. The Labute approximate surface area is 89.1 Å². The molecule has 1 rings (SSSR count). The Balaban J connectivity index is 2.02. The van der Waals surface area contributed by atoms with E-state index in [0.717, 1.165) is 18.6 Å². The molecule has 14 heavy (non-hydrogen) atoms. The number of nitrogens with zero attached hydrogens (tertiary/aromatic N) is 1. The lowest BCUT2D eigenvalue weighted by atomic mass is 10.2. The van der Waals surface area contributed by atoms with Crippen LogP contribution >= 0.6 is 0 Å². The molecule has 0 bridgehead atoms. The van der Waals surface area contributed by atoms with E-state index >= 15 is 0 Å². The standard InChI is InChI=1S/C12H26N2/c1-4-11(2)14(3)10-9-13-12-7-5-6-8-12/h11-13H,4-10H2,1-3H3. The molecule has 1 aliphatic carbocycles. The van der Waals surface area contributed by atoms with Gasteiger partial charge in [0, 0.05) is 25.2 Å². The third-order valence-electron chi connectivity index (χ3n) is 3.60. The average Bonchev–Trinajstić information content (AvgIpc) is 2.69. The predicted molar refractivity (Wildman–Crippen MR) is 62.6 cm³/mol. The van der Waals surface area contributed by atoms with Crippen LogP contribution in [0.25, 0.3) is 0 Å². The van der Waals surface area contributed by atoms with Crippen molar-refractivity contribution in [3.05, 3.63) is 0 Å². The van der Waals surface area contributed by atoms with Gasteiger partial charge in [0.25, 0.3) is 0 Å². The molecular weight excluding hydrogens is 172 g/mol. The van der Waals surface area contributed by atoms with E-state index in [4.69, 9.17) is 0 Å². The Hall–Kier alpha value is -0.0800. The van der Waals surface area contributed by atoms with E-state index in [1.54, 1.807) is 0 Å². The second-order valence-corrected chi connectivity index (χ2v) is 4.67. The highest BCUT2D eigenvalue weighted by Gasteiger charge is 2.14.